The van der Waals surface area contributed by atoms with Crippen molar-refractivity contribution in [1.82, 2.24) is 9.62 Å². The van der Waals surface area contributed by atoms with Gasteiger partial charge in [-0.2, -0.15) is 4.31 Å². The lowest BCUT2D eigenvalue weighted by atomic mass is 10.1. The van der Waals surface area contributed by atoms with E-state index in [0.717, 1.165) is 0 Å². The van der Waals surface area contributed by atoms with E-state index in [1.54, 1.807) is 37.4 Å². The van der Waals surface area contributed by atoms with Crippen LogP contribution in [-0.4, -0.2) is 59.1 Å². The van der Waals surface area contributed by atoms with Crippen LogP contribution in [-0.2, 0) is 10.0 Å². The van der Waals surface area contributed by atoms with E-state index in [4.69, 9.17) is 14.2 Å². The molecule has 1 aliphatic rings. The normalized spacial score (nSPS) is 15.4. The van der Waals surface area contributed by atoms with Gasteiger partial charge in [0.15, 0.2) is 0 Å². The number of ether oxygens (including phenoxy) is 3. The van der Waals surface area contributed by atoms with Crippen molar-refractivity contribution in [3.8, 4) is 17.2 Å². The van der Waals surface area contributed by atoms with Crippen LogP contribution in [0.1, 0.15) is 23.2 Å². The van der Waals surface area contributed by atoms with Crippen LogP contribution in [0.15, 0.2) is 47.4 Å². The standard InChI is InChI=1S/C21H26N2O6S/c1-27-16-4-7-18(8-5-16)30(25,26)23-12-10-15(11-13-23)22-21(24)19-9-6-17(28-2)14-20(19)29-3/h4-9,14-15H,10-13H2,1-3H3,(H,22,24). The van der Waals surface area contributed by atoms with Crippen molar-refractivity contribution < 1.29 is 27.4 Å². The molecule has 9 heteroatoms. The Morgan fingerprint density at radius 3 is 2.10 bits per heavy atom. The summed E-state index contributed by atoms with van der Waals surface area (Å²) in [7, 11) is 0.992. The Morgan fingerprint density at radius 1 is 0.933 bits per heavy atom. The van der Waals surface area contributed by atoms with Crippen molar-refractivity contribution in [2.24, 2.45) is 0 Å². The van der Waals surface area contributed by atoms with Crippen molar-refractivity contribution in [3.05, 3.63) is 48.0 Å². The van der Waals surface area contributed by atoms with Gasteiger partial charge in [-0.15, -0.1) is 0 Å². The zero-order valence-corrected chi connectivity index (χ0v) is 18.1. The average Bonchev–Trinajstić information content (AvgIpc) is 2.78. The molecular weight excluding hydrogens is 408 g/mol. The van der Waals surface area contributed by atoms with Gasteiger partial charge in [0.2, 0.25) is 10.0 Å². The summed E-state index contributed by atoms with van der Waals surface area (Å²) in [6.07, 6.45) is 1.05. The van der Waals surface area contributed by atoms with Gasteiger partial charge in [-0.05, 0) is 49.2 Å². The van der Waals surface area contributed by atoms with E-state index in [2.05, 4.69) is 5.32 Å². The first-order valence-corrected chi connectivity index (χ1v) is 11.0. The molecule has 1 amide bonds. The number of methoxy groups -OCH3 is 3. The molecule has 30 heavy (non-hydrogen) atoms. The lowest BCUT2D eigenvalue weighted by molar-refractivity contribution is 0.0920. The molecule has 1 aliphatic heterocycles. The van der Waals surface area contributed by atoms with Crippen LogP contribution in [0.5, 0.6) is 17.2 Å². The Hall–Kier alpha value is -2.78. The molecular formula is C21H26N2O6S. The predicted octanol–water partition coefficient (Wildman–Crippen LogP) is 2.30. The van der Waals surface area contributed by atoms with Crippen LogP contribution < -0.4 is 19.5 Å². The van der Waals surface area contributed by atoms with E-state index in [1.807, 2.05) is 0 Å². The van der Waals surface area contributed by atoms with Crippen LogP contribution in [0.25, 0.3) is 0 Å². The Kier molecular flexibility index (Phi) is 6.84. The molecule has 0 unspecified atom stereocenters. The molecule has 0 aromatic heterocycles. The molecule has 3 rings (SSSR count). The lowest BCUT2D eigenvalue weighted by Gasteiger charge is -2.31. The van der Waals surface area contributed by atoms with E-state index < -0.39 is 10.0 Å². The van der Waals surface area contributed by atoms with E-state index in [0.29, 0.717) is 48.7 Å². The maximum atomic E-state index is 12.9. The Morgan fingerprint density at radius 2 is 1.53 bits per heavy atom. The molecule has 0 aliphatic carbocycles. The molecule has 1 fully saturated rings. The molecule has 162 valence electrons. The van der Waals surface area contributed by atoms with Gasteiger partial charge < -0.3 is 19.5 Å². The molecule has 2 aromatic carbocycles. The fraction of sp³-hybridized carbons (Fsp3) is 0.381. The number of piperidine rings is 1. The van der Waals surface area contributed by atoms with E-state index in [9.17, 15) is 13.2 Å². The van der Waals surface area contributed by atoms with Crippen molar-refractivity contribution in [2.75, 3.05) is 34.4 Å². The quantitative estimate of drug-likeness (QED) is 0.719. The number of amides is 1. The number of carbonyl (C=O) groups is 1. The van der Waals surface area contributed by atoms with Crippen molar-refractivity contribution in [1.29, 1.82) is 0 Å². The van der Waals surface area contributed by atoms with Gasteiger partial charge in [0.25, 0.3) is 5.91 Å². The summed E-state index contributed by atoms with van der Waals surface area (Å²) in [4.78, 5) is 12.9. The van der Waals surface area contributed by atoms with E-state index in [1.165, 1.54) is 30.7 Å². The zero-order chi connectivity index (χ0) is 21.7. The zero-order valence-electron chi connectivity index (χ0n) is 17.3. The minimum Gasteiger partial charge on any atom is -0.497 e. The largest absolute Gasteiger partial charge is 0.497 e. The third-order valence-corrected chi connectivity index (χ3v) is 7.05. The summed E-state index contributed by atoms with van der Waals surface area (Å²) in [5.74, 6) is 1.36. The van der Waals surface area contributed by atoms with Crippen LogP contribution in [0, 0.1) is 0 Å². The van der Waals surface area contributed by atoms with Gasteiger partial charge in [0.1, 0.15) is 17.2 Å². The molecule has 0 bridgehead atoms. The highest BCUT2D eigenvalue weighted by atomic mass is 32.2. The second kappa shape index (κ2) is 9.36. The second-order valence-electron chi connectivity index (χ2n) is 6.89. The van der Waals surface area contributed by atoms with Crippen molar-refractivity contribution in [3.63, 3.8) is 0 Å². The minimum atomic E-state index is -3.58. The summed E-state index contributed by atoms with van der Waals surface area (Å²) in [6.45, 7) is 0.665. The summed E-state index contributed by atoms with van der Waals surface area (Å²) in [6, 6.07) is 11.2. The fourth-order valence-electron chi connectivity index (χ4n) is 3.39. The van der Waals surface area contributed by atoms with Gasteiger partial charge >= 0.3 is 0 Å². The third-order valence-electron chi connectivity index (χ3n) is 5.14. The fourth-order valence-corrected chi connectivity index (χ4v) is 4.86. The van der Waals surface area contributed by atoms with E-state index >= 15 is 0 Å². The summed E-state index contributed by atoms with van der Waals surface area (Å²) in [5.41, 5.74) is 0.409. The van der Waals surface area contributed by atoms with Gasteiger partial charge in [0, 0.05) is 25.2 Å². The summed E-state index contributed by atoms with van der Waals surface area (Å²) >= 11 is 0. The topological polar surface area (TPSA) is 94.2 Å². The summed E-state index contributed by atoms with van der Waals surface area (Å²) in [5, 5.41) is 2.98. The number of hydrogen-bond acceptors (Lipinski definition) is 6. The van der Waals surface area contributed by atoms with Crippen molar-refractivity contribution >= 4 is 15.9 Å². The van der Waals surface area contributed by atoms with Gasteiger partial charge in [0.05, 0.1) is 31.8 Å². The first-order chi connectivity index (χ1) is 14.4. The molecule has 0 atom stereocenters. The number of hydrogen-bond donors (Lipinski definition) is 1. The molecule has 0 radical (unpaired) electrons. The van der Waals surface area contributed by atoms with Crippen molar-refractivity contribution in [2.45, 2.75) is 23.8 Å². The highest BCUT2D eigenvalue weighted by Crippen LogP contribution is 2.26. The molecule has 0 spiro atoms. The minimum absolute atomic E-state index is 0.119. The first kappa shape index (κ1) is 21.9. The summed E-state index contributed by atoms with van der Waals surface area (Å²) < 4.78 is 42.7. The molecule has 1 heterocycles. The third kappa shape index (κ3) is 4.68. The number of sulfonamides is 1. The SMILES string of the molecule is COc1ccc(S(=O)(=O)N2CCC(NC(=O)c3ccc(OC)cc3OC)CC2)cc1. The predicted molar refractivity (Wildman–Crippen MR) is 112 cm³/mol. The van der Waals surface area contributed by atoms with Gasteiger partial charge in [-0.25, -0.2) is 8.42 Å². The molecule has 1 saturated heterocycles. The maximum absolute atomic E-state index is 12.9. The molecule has 0 saturated carbocycles. The molecule has 8 nitrogen and oxygen atoms in total. The number of carbonyl (C=O) groups excluding carboxylic acids is 1. The smallest absolute Gasteiger partial charge is 0.255 e. The second-order valence-corrected chi connectivity index (χ2v) is 8.83. The Bertz CT molecular complexity index is 983. The molecule has 2 aromatic rings. The van der Waals surface area contributed by atoms with Crippen LogP contribution >= 0.6 is 0 Å². The lowest BCUT2D eigenvalue weighted by Crippen LogP contribution is -2.46. The average molecular weight is 435 g/mol. The Balaban J connectivity index is 1.62. The maximum Gasteiger partial charge on any atom is 0.255 e. The number of nitrogens with one attached hydrogen (secondary N) is 1. The highest BCUT2D eigenvalue weighted by Gasteiger charge is 2.30. The van der Waals surface area contributed by atoms with Crippen LogP contribution in [0.2, 0.25) is 0 Å². The van der Waals surface area contributed by atoms with Crippen LogP contribution in [0.3, 0.4) is 0 Å². The highest BCUT2D eigenvalue weighted by molar-refractivity contribution is 7.89. The monoisotopic (exact) mass is 434 g/mol. The van der Waals surface area contributed by atoms with Gasteiger partial charge in [-0.3, -0.25) is 4.79 Å². The number of benzene rings is 2. The number of rotatable bonds is 7. The number of nitrogens with zero attached hydrogens (tertiary/aromatic N) is 1. The Labute approximate surface area is 176 Å². The van der Waals surface area contributed by atoms with E-state index in [-0.39, 0.29) is 16.8 Å². The van der Waals surface area contributed by atoms with Gasteiger partial charge in [-0.1, -0.05) is 0 Å². The molecule has 1 N–H and O–H groups in total. The van der Waals surface area contributed by atoms with Crippen LogP contribution in [0.4, 0.5) is 0 Å². The first-order valence-electron chi connectivity index (χ1n) is 9.56.